The molecule has 132 valence electrons. The van der Waals surface area contributed by atoms with Crippen molar-refractivity contribution in [2.75, 3.05) is 14.1 Å². The van der Waals surface area contributed by atoms with Crippen LogP contribution in [0.2, 0.25) is 0 Å². The van der Waals surface area contributed by atoms with Crippen LogP contribution in [0.4, 0.5) is 0 Å². The minimum atomic E-state index is 0.743. The van der Waals surface area contributed by atoms with Crippen molar-refractivity contribution in [2.24, 2.45) is 12.0 Å². The van der Waals surface area contributed by atoms with Crippen LogP contribution in [-0.4, -0.2) is 39.7 Å². The highest BCUT2D eigenvalue weighted by molar-refractivity contribution is 7.09. The van der Waals surface area contributed by atoms with Crippen molar-refractivity contribution in [1.82, 2.24) is 25.0 Å². The van der Waals surface area contributed by atoms with Gasteiger partial charge >= 0.3 is 0 Å². The van der Waals surface area contributed by atoms with Crippen LogP contribution in [0.15, 0.2) is 10.4 Å². The first-order valence-corrected chi connectivity index (χ1v) is 9.24. The van der Waals surface area contributed by atoms with Crippen LogP contribution >= 0.6 is 11.3 Å². The van der Waals surface area contributed by atoms with E-state index in [1.807, 2.05) is 32.7 Å². The molecule has 0 atom stereocenters. The normalized spacial score (nSPS) is 11.8. The molecule has 2 aromatic rings. The van der Waals surface area contributed by atoms with E-state index in [1.165, 1.54) is 11.3 Å². The summed E-state index contributed by atoms with van der Waals surface area (Å²) in [4.78, 5) is 11.0. The Labute approximate surface area is 148 Å². The quantitative estimate of drug-likeness (QED) is 0.644. The number of nitrogens with one attached hydrogen (secondary N) is 1. The number of hydrogen-bond acceptors (Lipinski definition) is 4. The number of guanidine groups is 1. The van der Waals surface area contributed by atoms with Gasteiger partial charge in [0.05, 0.1) is 22.9 Å². The molecule has 0 aromatic carbocycles. The van der Waals surface area contributed by atoms with Crippen LogP contribution in [0.1, 0.15) is 41.5 Å². The van der Waals surface area contributed by atoms with Gasteiger partial charge < -0.3 is 10.2 Å². The smallest absolute Gasteiger partial charge is 0.194 e. The maximum absolute atomic E-state index is 4.63. The van der Waals surface area contributed by atoms with Gasteiger partial charge in [0.1, 0.15) is 0 Å². The lowest BCUT2D eigenvalue weighted by Gasteiger charge is -2.21. The second kappa shape index (κ2) is 8.28. The van der Waals surface area contributed by atoms with Crippen LogP contribution in [0.25, 0.3) is 0 Å². The molecule has 7 heteroatoms. The van der Waals surface area contributed by atoms with Gasteiger partial charge in [-0.3, -0.25) is 9.67 Å². The number of hydrogen-bond donors (Lipinski definition) is 1. The first-order valence-electron chi connectivity index (χ1n) is 8.36. The van der Waals surface area contributed by atoms with E-state index in [1.54, 1.807) is 11.3 Å². The number of thiazole rings is 1. The molecule has 2 aromatic heterocycles. The van der Waals surface area contributed by atoms with Gasteiger partial charge in [-0.25, -0.2) is 4.98 Å². The van der Waals surface area contributed by atoms with Crippen molar-refractivity contribution in [2.45, 2.75) is 46.7 Å². The zero-order valence-corrected chi connectivity index (χ0v) is 16.4. The third-order valence-corrected chi connectivity index (χ3v) is 4.91. The summed E-state index contributed by atoms with van der Waals surface area (Å²) >= 11 is 1.68. The maximum Gasteiger partial charge on any atom is 0.194 e. The van der Waals surface area contributed by atoms with Crippen LogP contribution < -0.4 is 5.32 Å². The van der Waals surface area contributed by atoms with Gasteiger partial charge in [0.2, 0.25) is 0 Å². The lowest BCUT2D eigenvalue weighted by molar-refractivity contribution is 0.470. The molecule has 0 aliphatic rings. The SMILES string of the molecule is CCc1nn(C)c(CC)c1CNC(=NC)N(C)Cc1csc(C)n1. The fraction of sp³-hybridized carbons (Fsp3) is 0.588. The van der Waals surface area contributed by atoms with Crippen LogP contribution in [0.3, 0.4) is 0 Å². The summed E-state index contributed by atoms with van der Waals surface area (Å²) in [6, 6.07) is 0. The molecule has 0 aliphatic carbocycles. The van der Waals surface area contributed by atoms with Crippen molar-refractivity contribution >= 4 is 17.3 Å². The molecule has 0 saturated carbocycles. The van der Waals surface area contributed by atoms with Gasteiger partial charge in [-0.1, -0.05) is 13.8 Å². The van der Waals surface area contributed by atoms with E-state index in [0.29, 0.717) is 0 Å². The third kappa shape index (κ3) is 4.14. The lowest BCUT2D eigenvalue weighted by Crippen LogP contribution is -2.38. The number of rotatable bonds is 6. The minimum absolute atomic E-state index is 0.743. The topological polar surface area (TPSA) is 58.3 Å². The molecule has 0 radical (unpaired) electrons. The van der Waals surface area contributed by atoms with E-state index in [4.69, 9.17) is 0 Å². The Balaban J connectivity index is 2.06. The predicted octanol–water partition coefficient (Wildman–Crippen LogP) is 2.52. The fourth-order valence-corrected chi connectivity index (χ4v) is 3.55. The molecular weight excluding hydrogens is 320 g/mol. The van der Waals surface area contributed by atoms with Gasteiger partial charge in [0, 0.05) is 44.3 Å². The lowest BCUT2D eigenvalue weighted by atomic mass is 10.1. The molecule has 2 rings (SSSR count). The van der Waals surface area contributed by atoms with Crippen LogP contribution in [0.5, 0.6) is 0 Å². The molecule has 6 nitrogen and oxygen atoms in total. The molecule has 2 heterocycles. The first-order chi connectivity index (χ1) is 11.5. The molecule has 0 amide bonds. The second-order valence-electron chi connectivity index (χ2n) is 5.82. The van der Waals surface area contributed by atoms with E-state index in [2.05, 4.69) is 44.5 Å². The molecule has 24 heavy (non-hydrogen) atoms. The molecule has 0 spiro atoms. The fourth-order valence-electron chi connectivity index (χ4n) is 2.94. The highest BCUT2D eigenvalue weighted by Crippen LogP contribution is 2.15. The maximum atomic E-state index is 4.63. The van der Waals surface area contributed by atoms with Gasteiger partial charge in [-0.15, -0.1) is 11.3 Å². The molecule has 0 fully saturated rings. The van der Waals surface area contributed by atoms with Crippen molar-refractivity contribution in [1.29, 1.82) is 0 Å². The Bertz CT molecular complexity index is 700. The van der Waals surface area contributed by atoms with E-state index < -0.39 is 0 Å². The Morgan fingerprint density at radius 1 is 1.38 bits per heavy atom. The standard InChI is InChI=1S/C17H28N6S/c1-7-15-14(16(8-2)23(6)21-15)9-19-17(18-4)22(5)10-13-11-24-12(3)20-13/h11H,7-10H2,1-6H3,(H,18,19). The first kappa shape index (κ1) is 18.4. The molecule has 0 saturated heterocycles. The zero-order valence-electron chi connectivity index (χ0n) is 15.6. The highest BCUT2D eigenvalue weighted by Gasteiger charge is 2.15. The summed E-state index contributed by atoms with van der Waals surface area (Å²) in [7, 11) is 5.87. The second-order valence-corrected chi connectivity index (χ2v) is 6.88. The van der Waals surface area contributed by atoms with Crippen LogP contribution in [-0.2, 0) is 33.0 Å². The number of aliphatic imine (C=N–C) groups is 1. The summed E-state index contributed by atoms with van der Waals surface area (Å²) < 4.78 is 2.00. The predicted molar refractivity (Wildman–Crippen MR) is 100 cm³/mol. The Morgan fingerprint density at radius 3 is 2.67 bits per heavy atom. The Kier molecular flexibility index (Phi) is 6.36. The Morgan fingerprint density at radius 2 is 2.12 bits per heavy atom. The van der Waals surface area contributed by atoms with Gasteiger partial charge in [0.25, 0.3) is 0 Å². The number of aryl methyl sites for hydroxylation is 3. The molecule has 0 bridgehead atoms. The minimum Gasteiger partial charge on any atom is -0.352 e. The van der Waals surface area contributed by atoms with Crippen LogP contribution in [0, 0.1) is 6.92 Å². The van der Waals surface area contributed by atoms with Crippen molar-refractivity contribution in [3.05, 3.63) is 33.0 Å². The summed E-state index contributed by atoms with van der Waals surface area (Å²) in [6.07, 6.45) is 1.92. The van der Waals surface area contributed by atoms with Crippen molar-refractivity contribution < 1.29 is 0 Å². The molecule has 1 N–H and O–H groups in total. The number of aromatic nitrogens is 3. The van der Waals surface area contributed by atoms with Crippen molar-refractivity contribution in [3.63, 3.8) is 0 Å². The van der Waals surface area contributed by atoms with E-state index in [-0.39, 0.29) is 0 Å². The van der Waals surface area contributed by atoms with Gasteiger partial charge in [-0.2, -0.15) is 5.10 Å². The molecular formula is C17H28N6S. The third-order valence-electron chi connectivity index (χ3n) is 4.09. The van der Waals surface area contributed by atoms with Gasteiger partial charge in [-0.05, 0) is 19.8 Å². The summed E-state index contributed by atoms with van der Waals surface area (Å²) in [6.45, 7) is 7.84. The highest BCUT2D eigenvalue weighted by atomic mass is 32.1. The average molecular weight is 349 g/mol. The average Bonchev–Trinajstić information content (AvgIpc) is 3.10. The zero-order chi connectivity index (χ0) is 17.7. The van der Waals surface area contributed by atoms with E-state index >= 15 is 0 Å². The van der Waals surface area contributed by atoms with E-state index in [9.17, 15) is 0 Å². The largest absolute Gasteiger partial charge is 0.352 e. The summed E-state index contributed by atoms with van der Waals surface area (Å²) in [5.41, 5.74) is 4.82. The summed E-state index contributed by atoms with van der Waals surface area (Å²) in [5, 5.41) is 11.3. The molecule has 0 unspecified atom stereocenters. The number of nitrogens with zero attached hydrogens (tertiary/aromatic N) is 5. The van der Waals surface area contributed by atoms with Gasteiger partial charge in [0.15, 0.2) is 5.96 Å². The molecule has 0 aliphatic heterocycles. The van der Waals surface area contributed by atoms with Crippen molar-refractivity contribution in [3.8, 4) is 0 Å². The summed E-state index contributed by atoms with van der Waals surface area (Å²) in [5.74, 6) is 0.869. The Hall–Kier alpha value is -1.89. The van der Waals surface area contributed by atoms with E-state index in [0.717, 1.165) is 48.3 Å². The monoisotopic (exact) mass is 348 g/mol.